The van der Waals surface area contributed by atoms with Gasteiger partial charge in [0.2, 0.25) is 5.91 Å². The van der Waals surface area contributed by atoms with E-state index < -0.39 is 6.03 Å². The lowest BCUT2D eigenvalue weighted by molar-refractivity contribution is -0.126. The second-order valence-corrected chi connectivity index (χ2v) is 6.84. The zero-order valence-corrected chi connectivity index (χ0v) is 15.6. The molecule has 0 bridgehead atoms. The van der Waals surface area contributed by atoms with E-state index in [-0.39, 0.29) is 17.7 Å². The minimum absolute atomic E-state index is 0.0311. The van der Waals surface area contributed by atoms with Gasteiger partial charge in [-0.25, -0.2) is 4.79 Å². The first-order chi connectivity index (χ1) is 13.5. The van der Waals surface area contributed by atoms with Crippen molar-refractivity contribution in [3.8, 4) is 0 Å². The molecule has 0 saturated carbocycles. The normalized spacial score (nSPS) is 14.4. The van der Waals surface area contributed by atoms with E-state index in [1.165, 1.54) is 0 Å². The summed E-state index contributed by atoms with van der Waals surface area (Å²) in [5.41, 5.74) is 7.14. The summed E-state index contributed by atoms with van der Waals surface area (Å²) >= 11 is 0. The molecule has 1 saturated heterocycles. The quantitative estimate of drug-likeness (QED) is 0.741. The van der Waals surface area contributed by atoms with Crippen molar-refractivity contribution in [1.82, 2.24) is 10.2 Å². The van der Waals surface area contributed by atoms with Crippen LogP contribution >= 0.6 is 0 Å². The van der Waals surface area contributed by atoms with E-state index >= 15 is 0 Å². The summed E-state index contributed by atoms with van der Waals surface area (Å²) in [6.45, 7) is 1.56. The van der Waals surface area contributed by atoms with Crippen molar-refractivity contribution in [3.05, 3.63) is 65.7 Å². The predicted octanol–water partition coefficient (Wildman–Crippen LogP) is 2.35. The van der Waals surface area contributed by atoms with Gasteiger partial charge < -0.3 is 21.3 Å². The van der Waals surface area contributed by atoms with Crippen LogP contribution in [0.4, 0.5) is 10.5 Å². The monoisotopic (exact) mass is 380 g/mol. The minimum atomic E-state index is -0.674. The maximum atomic E-state index is 12.7. The van der Waals surface area contributed by atoms with E-state index in [0.29, 0.717) is 43.7 Å². The number of rotatable bonds is 5. The number of piperidine rings is 1. The van der Waals surface area contributed by atoms with E-state index in [2.05, 4.69) is 10.6 Å². The van der Waals surface area contributed by atoms with Gasteiger partial charge in [0, 0.05) is 36.8 Å². The first-order valence-electron chi connectivity index (χ1n) is 9.30. The molecule has 0 atom stereocenters. The molecular formula is C21H24N4O3. The van der Waals surface area contributed by atoms with Crippen molar-refractivity contribution < 1.29 is 14.4 Å². The van der Waals surface area contributed by atoms with Gasteiger partial charge in [-0.1, -0.05) is 36.4 Å². The number of hydrogen-bond acceptors (Lipinski definition) is 3. The van der Waals surface area contributed by atoms with Crippen molar-refractivity contribution in [2.24, 2.45) is 11.7 Å². The Balaban J connectivity index is 1.51. The summed E-state index contributed by atoms with van der Waals surface area (Å²) in [5.74, 6) is -0.171. The number of nitrogens with one attached hydrogen (secondary N) is 2. The number of anilines is 1. The van der Waals surface area contributed by atoms with E-state index in [4.69, 9.17) is 5.73 Å². The Kier molecular flexibility index (Phi) is 6.26. The number of amides is 4. The SMILES string of the molecule is NC(=O)Nc1cccc(C(=O)N2CCC(C(=O)NCc3ccccc3)CC2)c1. The fourth-order valence-corrected chi connectivity index (χ4v) is 3.33. The highest BCUT2D eigenvalue weighted by molar-refractivity contribution is 5.96. The molecule has 1 aliphatic heterocycles. The molecule has 0 aliphatic carbocycles. The second kappa shape index (κ2) is 9.03. The number of carbonyl (C=O) groups excluding carboxylic acids is 3. The number of likely N-dealkylation sites (tertiary alicyclic amines) is 1. The molecule has 146 valence electrons. The van der Waals surface area contributed by atoms with Crippen LogP contribution in [0.5, 0.6) is 0 Å². The minimum Gasteiger partial charge on any atom is -0.352 e. The molecule has 1 heterocycles. The largest absolute Gasteiger partial charge is 0.352 e. The molecule has 0 radical (unpaired) electrons. The van der Waals surface area contributed by atoms with Gasteiger partial charge in [-0.2, -0.15) is 0 Å². The van der Waals surface area contributed by atoms with Gasteiger partial charge in [-0.15, -0.1) is 0 Å². The maximum Gasteiger partial charge on any atom is 0.316 e. The van der Waals surface area contributed by atoms with Gasteiger partial charge in [-0.3, -0.25) is 9.59 Å². The number of primary amides is 1. The second-order valence-electron chi connectivity index (χ2n) is 6.84. The third-order valence-electron chi connectivity index (χ3n) is 4.84. The summed E-state index contributed by atoms with van der Waals surface area (Å²) in [5, 5.41) is 5.44. The lowest BCUT2D eigenvalue weighted by Crippen LogP contribution is -2.42. The number of urea groups is 1. The smallest absolute Gasteiger partial charge is 0.316 e. The Morgan fingerprint density at radius 2 is 1.71 bits per heavy atom. The first-order valence-corrected chi connectivity index (χ1v) is 9.30. The fraction of sp³-hybridized carbons (Fsp3) is 0.286. The molecule has 0 unspecified atom stereocenters. The molecule has 1 aliphatic rings. The topological polar surface area (TPSA) is 105 Å². The molecule has 3 rings (SSSR count). The van der Waals surface area contributed by atoms with Crippen LogP contribution in [-0.4, -0.2) is 35.8 Å². The molecular weight excluding hydrogens is 356 g/mol. The number of benzene rings is 2. The third kappa shape index (κ3) is 5.09. The van der Waals surface area contributed by atoms with E-state index in [9.17, 15) is 14.4 Å². The van der Waals surface area contributed by atoms with Crippen LogP contribution in [0.25, 0.3) is 0 Å². The molecule has 4 amide bonds. The lowest BCUT2D eigenvalue weighted by atomic mass is 9.95. The Bertz CT molecular complexity index is 846. The van der Waals surface area contributed by atoms with Gasteiger partial charge >= 0.3 is 6.03 Å². The Labute approximate surface area is 163 Å². The van der Waals surface area contributed by atoms with Crippen molar-refractivity contribution >= 4 is 23.5 Å². The molecule has 1 fully saturated rings. The van der Waals surface area contributed by atoms with E-state index in [1.54, 1.807) is 29.2 Å². The van der Waals surface area contributed by atoms with Crippen molar-refractivity contribution in [2.45, 2.75) is 19.4 Å². The van der Waals surface area contributed by atoms with Crippen LogP contribution in [0.2, 0.25) is 0 Å². The number of nitrogens with zero attached hydrogens (tertiary/aromatic N) is 1. The average molecular weight is 380 g/mol. The van der Waals surface area contributed by atoms with Crippen LogP contribution in [0, 0.1) is 5.92 Å². The molecule has 0 spiro atoms. The van der Waals surface area contributed by atoms with Crippen molar-refractivity contribution in [2.75, 3.05) is 18.4 Å². The zero-order chi connectivity index (χ0) is 19.9. The number of carbonyl (C=O) groups is 3. The zero-order valence-electron chi connectivity index (χ0n) is 15.6. The molecule has 7 heteroatoms. The maximum absolute atomic E-state index is 12.7. The lowest BCUT2D eigenvalue weighted by Gasteiger charge is -2.31. The summed E-state index contributed by atoms with van der Waals surface area (Å²) in [4.78, 5) is 37.8. The number of hydrogen-bond donors (Lipinski definition) is 3. The standard InChI is InChI=1S/C21H24N4O3/c22-21(28)24-18-8-4-7-17(13-18)20(27)25-11-9-16(10-12-25)19(26)23-14-15-5-2-1-3-6-15/h1-8,13,16H,9-12,14H2,(H,23,26)(H3,22,24,28). The molecule has 2 aromatic rings. The summed E-state index contributed by atoms with van der Waals surface area (Å²) in [7, 11) is 0. The summed E-state index contributed by atoms with van der Waals surface area (Å²) in [6, 6.07) is 15.8. The average Bonchev–Trinajstić information content (AvgIpc) is 2.72. The van der Waals surface area contributed by atoms with Crippen LogP contribution in [-0.2, 0) is 11.3 Å². The van der Waals surface area contributed by atoms with Gasteiger partial charge in [-0.05, 0) is 36.6 Å². The van der Waals surface area contributed by atoms with Gasteiger partial charge in [0.15, 0.2) is 0 Å². The molecule has 7 nitrogen and oxygen atoms in total. The van der Waals surface area contributed by atoms with Crippen molar-refractivity contribution in [1.29, 1.82) is 0 Å². The van der Waals surface area contributed by atoms with E-state index in [1.807, 2.05) is 30.3 Å². The Morgan fingerprint density at radius 1 is 1.00 bits per heavy atom. The summed E-state index contributed by atoms with van der Waals surface area (Å²) < 4.78 is 0. The fourth-order valence-electron chi connectivity index (χ4n) is 3.33. The molecule has 2 aromatic carbocycles. The molecule has 28 heavy (non-hydrogen) atoms. The van der Waals surface area contributed by atoms with Crippen LogP contribution in [0.1, 0.15) is 28.8 Å². The molecule has 4 N–H and O–H groups in total. The highest BCUT2D eigenvalue weighted by Crippen LogP contribution is 2.20. The Hall–Kier alpha value is -3.35. The highest BCUT2D eigenvalue weighted by Gasteiger charge is 2.27. The van der Waals surface area contributed by atoms with Gasteiger partial charge in [0.25, 0.3) is 5.91 Å². The van der Waals surface area contributed by atoms with Gasteiger partial charge in [0.05, 0.1) is 0 Å². The third-order valence-corrected chi connectivity index (χ3v) is 4.84. The van der Waals surface area contributed by atoms with Gasteiger partial charge in [0.1, 0.15) is 0 Å². The van der Waals surface area contributed by atoms with Crippen LogP contribution < -0.4 is 16.4 Å². The Morgan fingerprint density at radius 3 is 2.39 bits per heavy atom. The highest BCUT2D eigenvalue weighted by atomic mass is 16.2. The van der Waals surface area contributed by atoms with Crippen LogP contribution in [0.3, 0.4) is 0 Å². The van der Waals surface area contributed by atoms with Crippen molar-refractivity contribution in [3.63, 3.8) is 0 Å². The molecule has 0 aromatic heterocycles. The number of nitrogens with two attached hydrogens (primary N) is 1. The van der Waals surface area contributed by atoms with Crippen LogP contribution in [0.15, 0.2) is 54.6 Å². The van der Waals surface area contributed by atoms with E-state index in [0.717, 1.165) is 5.56 Å². The predicted molar refractivity (Wildman–Crippen MR) is 107 cm³/mol. The first kappa shape index (κ1) is 19.4. The summed E-state index contributed by atoms with van der Waals surface area (Å²) in [6.07, 6.45) is 1.26.